The summed E-state index contributed by atoms with van der Waals surface area (Å²) < 4.78 is 20.1. The van der Waals surface area contributed by atoms with Crippen molar-refractivity contribution in [1.82, 2.24) is 4.98 Å². The summed E-state index contributed by atoms with van der Waals surface area (Å²) in [7, 11) is 0. The number of benzene rings is 4. The van der Waals surface area contributed by atoms with Gasteiger partial charge in [0.15, 0.2) is 5.60 Å². The molecule has 0 unspecified atom stereocenters. The van der Waals surface area contributed by atoms with Crippen molar-refractivity contribution in [3.8, 4) is 17.4 Å². The summed E-state index contributed by atoms with van der Waals surface area (Å²) in [6.07, 6.45) is 0. The zero-order valence-corrected chi connectivity index (χ0v) is 26.6. The van der Waals surface area contributed by atoms with E-state index in [0.717, 1.165) is 32.9 Å². The molecule has 0 radical (unpaired) electrons. The average Bonchev–Trinajstić information content (AvgIpc) is 3.57. The SMILES string of the molecule is Cc1cc(O)c2nc(Oc3cc(C4=N[C@@]5(C)c6ccccc6C(C)(C)[C@@]5(C(C)(C)C)O4)c4c(c3)oc3ccccc34)ccc2c1. The van der Waals surface area contributed by atoms with E-state index >= 15 is 0 Å². The van der Waals surface area contributed by atoms with Crippen molar-refractivity contribution in [3.05, 3.63) is 107 Å². The van der Waals surface area contributed by atoms with Gasteiger partial charge in [-0.1, -0.05) is 77.1 Å². The van der Waals surface area contributed by atoms with E-state index in [1.807, 2.05) is 55.5 Å². The first-order valence-electron chi connectivity index (χ1n) is 15.5. The number of aryl methyl sites for hydroxylation is 1. The van der Waals surface area contributed by atoms with Crippen molar-refractivity contribution >= 4 is 38.7 Å². The summed E-state index contributed by atoms with van der Waals surface area (Å²) in [5.41, 5.74) is 4.21. The number of rotatable bonds is 3. The predicted molar refractivity (Wildman–Crippen MR) is 179 cm³/mol. The Morgan fingerprint density at radius 2 is 1.56 bits per heavy atom. The van der Waals surface area contributed by atoms with Crippen LogP contribution >= 0.6 is 0 Å². The highest BCUT2D eigenvalue weighted by molar-refractivity contribution is 6.17. The van der Waals surface area contributed by atoms with Crippen LogP contribution in [0.15, 0.2) is 94.3 Å². The zero-order chi connectivity index (χ0) is 31.5. The molecular formula is C39H36N2O4. The van der Waals surface area contributed by atoms with Crippen molar-refractivity contribution in [2.24, 2.45) is 10.4 Å². The molecule has 1 aliphatic heterocycles. The molecule has 0 bridgehead atoms. The van der Waals surface area contributed by atoms with Gasteiger partial charge in [-0.15, -0.1) is 0 Å². The van der Waals surface area contributed by atoms with Crippen LogP contribution in [0.3, 0.4) is 0 Å². The minimum Gasteiger partial charge on any atom is -0.506 e. The Labute approximate surface area is 262 Å². The van der Waals surface area contributed by atoms with E-state index in [-0.39, 0.29) is 16.6 Å². The maximum absolute atomic E-state index is 10.6. The molecule has 45 heavy (non-hydrogen) atoms. The average molecular weight is 597 g/mol. The number of pyridine rings is 1. The minimum atomic E-state index is -0.676. The first-order valence-corrected chi connectivity index (χ1v) is 15.5. The van der Waals surface area contributed by atoms with Crippen molar-refractivity contribution in [2.75, 3.05) is 0 Å². The summed E-state index contributed by atoms with van der Waals surface area (Å²) >= 11 is 0. The summed E-state index contributed by atoms with van der Waals surface area (Å²) in [4.78, 5) is 10.2. The van der Waals surface area contributed by atoms with Gasteiger partial charge in [0, 0.05) is 39.1 Å². The number of aromatic hydroxyl groups is 1. The third kappa shape index (κ3) is 3.56. The zero-order valence-electron chi connectivity index (χ0n) is 26.6. The highest BCUT2D eigenvalue weighted by Crippen LogP contribution is 2.67. The molecule has 1 N–H and O–H groups in total. The molecule has 2 aromatic heterocycles. The number of aliphatic imine (C=N–C) groups is 1. The molecule has 1 aliphatic carbocycles. The van der Waals surface area contributed by atoms with Crippen molar-refractivity contribution in [1.29, 1.82) is 0 Å². The maximum atomic E-state index is 10.6. The van der Waals surface area contributed by atoms with Crippen LogP contribution in [0.4, 0.5) is 0 Å². The van der Waals surface area contributed by atoms with E-state index in [1.54, 1.807) is 6.07 Å². The molecule has 0 amide bonds. The van der Waals surface area contributed by atoms with Gasteiger partial charge in [0.2, 0.25) is 11.8 Å². The number of phenols is 1. The first kappa shape index (κ1) is 27.7. The van der Waals surface area contributed by atoms with Gasteiger partial charge in [0.1, 0.15) is 33.7 Å². The van der Waals surface area contributed by atoms with Gasteiger partial charge in [-0.3, -0.25) is 0 Å². The molecule has 4 aromatic carbocycles. The topological polar surface area (TPSA) is 77.1 Å². The molecule has 2 atom stereocenters. The Bertz CT molecular complexity index is 2240. The number of ether oxygens (including phenoxy) is 2. The number of phenolic OH excluding ortho intramolecular Hbond substituents is 1. The van der Waals surface area contributed by atoms with Crippen LogP contribution in [-0.4, -0.2) is 21.6 Å². The fourth-order valence-electron chi connectivity index (χ4n) is 8.69. The minimum absolute atomic E-state index is 0.118. The molecule has 8 rings (SSSR count). The molecule has 3 heterocycles. The molecule has 6 aromatic rings. The number of aromatic nitrogens is 1. The Balaban J connectivity index is 1.35. The second-order valence-electron chi connectivity index (χ2n) is 14.2. The molecule has 0 saturated carbocycles. The van der Waals surface area contributed by atoms with Gasteiger partial charge in [-0.25, -0.2) is 9.98 Å². The van der Waals surface area contributed by atoms with Gasteiger partial charge in [0.25, 0.3) is 0 Å². The van der Waals surface area contributed by atoms with Gasteiger partial charge < -0.3 is 19.0 Å². The quantitative estimate of drug-likeness (QED) is 0.220. The lowest BCUT2D eigenvalue weighted by molar-refractivity contribution is -0.115. The molecule has 0 saturated heterocycles. The Morgan fingerprint density at radius 3 is 2.33 bits per heavy atom. The number of para-hydroxylation sites is 1. The molecule has 0 fully saturated rings. The van der Waals surface area contributed by atoms with E-state index < -0.39 is 11.1 Å². The summed E-state index contributed by atoms with van der Waals surface area (Å²) in [5, 5.41) is 13.3. The van der Waals surface area contributed by atoms with Crippen LogP contribution in [0.5, 0.6) is 17.4 Å². The summed E-state index contributed by atoms with van der Waals surface area (Å²) in [6.45, 7) is 15.5. The van der Waals surface area contributed by atoms with E-state index in [9.17, 15) is 5.11 Å². The predicted octanol–water partition coefficient (Wildman–Crippen LogP) is 9.71. The Hall–Kier alpha value is -4.84. The summed E-state index contributed by atoms with van der Waals surface area (Å²) in [6, 6.07) is 27.9. The van der Waals surface area contributed by atoms with Crippen LogP contribution in [0.2, 0.25) is 0 Å². The highest BCUT2D eigenvalue weighted by atomic mass is 16.5. The molecule has 6 heteroatoms. The van der Waals surface area contributed by atoms with Gasteiger partial charge in [-0.05, 0) is 60.9 Å². The summed E-state index contributed by atoms with van der Waals surface area (Å²) in [5.74, 6) is 1.58. The number of furan rings is 1. The number of hydrogen-bond donors (Lipinski definition) is 1. The lowest BCUT2D eigenvalue weighted by Crippen LogP contribution is -2.62. The lowest BCUT2D eigenvalue weighted by atomic mass is 9.57. The standard InChI is InChI=1S/C39H36N2O4/c1-22-18-23-16-17-32(40-34(23)29(42)19-22)43-24-20-26(33-25-12-8-11-15-30(25)44-31(33)21-24)35-41-38(7)28-14-10-9-13-27(28)37(5,6)39(38,45-35)36(2,3)4/h8-21,42H,1-7H3/t38-,39+/m0/s1. The number of hydrogen-bond acceptors (Lipinski definition) is 6. The third-order valence-corrected chi connectivity index (χ3v) is 10.1. The third-order valence-electron chi connectivity index (χ3n) is 10.1. The Kier molecular flexibility index (Phi) is 5.46. The van der Waals surface area contributed by atoms with Gasteiger partial charge in [-0.2, -0.15) is 0 Å². The van der Waals surface area contributed by atoms with Crippen molar-refractivity contribution in [3.63, 3.8) is 0 Å². The van der Waals surface area contributed by atoms with Crippen LogP contribution in [-0.2, 0) is 15.7 Å². The van der Waals surface area contributed by atoms with Crippen molar-refractivity contribution in [2.45, 2.75) is 65.0 Å². The van der Waals surface area contributed by atoms with Crippen LogP contribution in [0, 0.1) is 12.3 Å². The Morgan fingerprint density at radius 1 is 0.822 bits per heavy atom. The van der Waals surface area contributed by atoms with E-state index in [2.05, 4.69) is 76.9 Å². The van der Waals surface area contributed by atoms with Gasteiger partial charge >= 0.3 is 0 Å². The largest absolute Gasteiger partial charge is 0.506 e. The van der Waals surface area contributed by atoms with Crippen LogP contribution in [0.25, 0.3) is 32.8 Å². The van der Waals surface area contributed by atoms with Crippen LogP contribution < -0.4 is 4.74 Å². The number of nitrogens with zero attached hydrogens (tertiary/aromatic N) is 2. The highest BCUT2D eigenvalue weighted by Gasteiger charge is 2.74. The molecule has 226 valence electrons. The fourth-order valence-corrected chi connectivity index (χ4v) is 8.69. The maximum Gasteiger partial charge on any atom is 0.219 e. The number of fused-ring (bicyclic) bond motifs is 7. The normalized spacial score (nSPS) is 22.0. The second-order valence-corrected chi connectivity index (χ2v) is 14.2. The molecule has 6 nitrogen and oxygen atoms in total. The van der Waals surface area contributed by atoms with Gasteiger partial charge in [0.05, 0.1) is 5.56 Å². The molecule has 2 aliphatic rings. The molecule has 0 spiro atoms. The molecular weight excluding hydrogens is 560 g/mol. The fraction of sp³-hybridized carbons (Fsp3) is 0.282. The first-order chi connectivity index (χ1) is 21.3. The van der Waals surface area contributed by atoms with E-state index in [0.29, 0.717) is 28.6 Å². The monoisotopic (exact) mass is 596 g/mol. The lowest BCUT2D eigenvalue weighted by Gasteiger charge is -2.52. The van der Waals surface area contributed by atoms with Crippen LogP contribution in [0.1, 0.15) is 63.8 Å². The second kappa shape index (κ2) is 8.87. The van der Waals surface area contributed by atoms with E-state index in [1.165, 1.54) is 11.1 Å². The van der Waals surface area contributed by atoms with E-state index in [4.69, 9.17) is 18.9 Å². The smallest absolute Gasteiger partial charge is 0.219 e. The van der Waals surface area contributed by atoms with Crippen molar-refractivity contribution < 1.29 is 19.0 Å².